The Morgan fingerprint density at radius 3 is 2.50 bits per heavy atom. The van der Waals surface area contributed by atoms with Crippen LogP contribution in [0, 0.1) is 5.92 Å². The van der Waals surface area contributed by atoms with Crippen LogP contribution in [0.25, 0.3) is 0 Å². The molecule has 2 heteroatoms. The first-order valence-electron chi connectivity index (χ1n) is 8.40. The Labute approximate surface area is 140 Å². The third kappa shape index (κ3) is 5.58. The van der Waals surface area contributed by atoms with E-state index in [1.54, 1.807) is 11.3 Å². The summed E-state index contributed by atoms with van der Waals surface area (Å²) in [6, 6.07) is 2.18. The lowest BCUT2D eigenvalue weighted by atomic mass is 9.86. The molecule has 0 aromatic carbocycles. The molecule has 1 nitrogen and oxygen atoms in total. The Bertz CT molecular complexity index is 480. The smallest absolute Gasteiger partial charge is 0.0863 e. The molecule has 1 aromatic heterocycles. The van der Waals surface area contributed by atoms with Crippen molar-refractivity contribution in [2.24, 2.45) is 5.92 Å². The van der Waals surface area contributed by atoms with Crippen LogP contribution in [0.4, 0.5) is 0 Å². The molecule has 0 saturated heterocycles. The summed E-state index contributed by atoms with van der Waals surface area (Å²) in [5.41, 5.74) is 2.97. The lowest BCUT2D eigenvalue weighted by Gasteiger charge is -2.30. The molecule has 22 heavy (non-hydrogen) atoms. The highest BCUT2D eigenvalue weighted by Gasteiger charge is 2.24. The van der Waals surface area contributed by atoms with Gasteiger partial charge in [-0.05, 0) is 34.7 Å². The highest BCUT2D eigenvalue weighted by molar-refractivity contribution is 7.07. The highest BCUT2D eigenvalue weighted by atomic mass is 32.1. The molecule has 3 rings (SSSR count). The SMILES string of the molecule is CC.CC(C)c1ccsc1.CCC1=CCOC2C=CC=CC12. The Morgan fingerprint density at radius 2 is 1.95 bits per heavy atom. The molecule has 2 unspecified atom stereocenters. The molecule has 122 valence electrons. The van der Waals surface area contributed by atoms with Gasteiger partial charge in [0.05, 0.1) is 12.7 Å². The molecule has 2 aliphatic rings. The molecule has 0 saturated carbocycles. The van der Waals surface area contributed by atoms with Crippen LogP contribution in [0.3, 0.4) is 0 Å². The number of fused-ring (bicyclic) bond motifs is 1. The van der Waals surface area contributed by atoms with Crippen LogP contribution in [-0.4, -0.2) is 12.7 Å². The number of rotatable bonds is 2. The van der Waals surface area contributed by atoms with E-state index in [0.29, 0.717) is 17.9 Å². The van der Waals surface area contributed by atoms with Gasteiger partial charge in [-0.2, -0.15) is 11.3 Å². The van der Waals surface area contributed by atoms with Crippen molar-refractivity contribution < 1.29 is 4.74 Å². The molecule has 1 aromatic rings. The maximum atomic E-state index is 5.60. The average molecular weight is 319 g/mol. The van der Waals surface area contributed by atoms with Gasteiger partial charge in [0, 0.05) is 5.92 Å². The molecule has 0 N–H and O–H groups in total. The maximum Gasteiger partial charge on any atom is 0.0863 e. The normalized spacial score (nSPS) is 22.0. The molecular weight excluding hydrogens is 288 g/mol. The number of hydrogen-bond acceptors (Lipinski definition) is 2. The summed E-state index contributed by atoms with van der Waals surface area (Å²) in [4.78, 5) is 0. The largest absolute Gasteiger partial charge is 0.369 e. The molecule has 0 amide bonds. The van der Waals surface area contributed by atoms with Crippen molar-refractivity contribution in [1.29, 1.82) is 0 Å². The van der Waals surface area contributed by atoms with Gasteiger partial charge in [0.2, 0.25) is 0 Å². The lowest BCUT2D eigenvalue weighted by Crippen LogP contribution is -2.27. The third-order valence-electron chi connectivity index (χ3n) is 3.76. The van der Waals surface area contributed by atoms with Crippen LogP contribution in [0.2, 0.25) is 0 Å². The Hall–Kier alpha value is -1.12. The summed E-state index contributed by atoms with van der Waals surface area (Å²) in [5.74, 6) is 1.20. The first-order valence-corrected chi connectivity index (χ1v) is 9.34. The minimum absolute atomic E-state index is 0.301. The van der Waals surface area contributed by atoms with Gasteiger partial charge in [-0.3, -0.25) is 0 Å². The van der Waals surface area contributed by atoms with E-state index >= 15 is 0 Å². The first kappa shape index (κ1) is 18.9. The molecule has 2 heterocycles. The molecule has 0 radical (unpaired) electrons. The van der Waals surface area contributed by atoms with Gasteiger partial charge in [-0.15, -0.1) is 0 Å². The Kier molecular flexibility index (Phi) is 9.10. The lowest BCUT2D eigenvalue weighted by molar-refractivity contribution is 0.0742. The molecule has 2 atom stereocenters. The van der Waals surface area contributed by atoms with Gasteiger partial charge >= 0.3 is 0 Å². The van der Waals surface area contributed by atoms with E-state index in [-0.39, 0.29) is 0 Å². The van der Waals surface area contributed by atoms with Crippen molar-refractivity contribution in [1.82, 2.24) is 0 Å². The number of hydrogen-bond donors (Lipinski definition) is 0. The summed E-state index contributed by atoms with van der Waals surface area (Å²) in [6.07, 6.45) is 12.2. The van der Waals surface area contributed by atoms with Crippen LogP contribution >= 0.6 is 11.3 Å². The molecule has 0 bridgehead atoms. The van der Waals surface area contributed by atoms with Gasteiger partial charge in [0.1, 0.15) is 0 Å². The first-order chi connectivity index (χ1) is 10.7. The van der Waals surface area contributed by atoms with E-state index in [1.807, 2.05) is 13.8 Å². The quantitative estimate of drug-likeness (QED) is 0.576. The van der Waals surface area contributed by atoms with E-state index in [0.717, 1.165) is 13.0 Å². The van der Waals surface area contributed by atoms with E-state index in [1.165, 1.54) is 11.1 Å². The van der Waals surface area contributed by atoms with Crippen molar-refractivity contribution in [2.45, 2.75) is 53.1 Å². The van der Waals surface area contributed by atoms with Crippen molar-refractivity contribution in [3.8, 4) is 0 Å². The zero-order chi connectivity index (χ0) is 16.4. The van der Waals surface area contributed by atoms with Crippen LogP contribution in [-0.2, 0) is 4.74 Å². The zero-order valence-corrected chi connectivity index (χ0v) is 15.4. The number of allylic oxidation sites excluding steroid dienone is 2. The standard InChI is InChI=1S/C11H14O.C7H10S.C2H6/c1-2-9-7-8-12-11-6-4-3-5-10(9)11;1-6(2)7-3-4-8-5-7;1-2/h3-7,10-11H,2,8H2,1H3;3-6H,1-2H3;1-2H3. The molecule has 0 spiro atoms. The van der Waals surface area contributed by atoms with E-state index < -0.39 is 0 Å². The summed E-state index contributed by atoms with van der Waals surface area (Å²) in [5, 5.41) is 4.32. The second kappa shape index (κ2) is 10.6. The van der Waals surface area contributed by atoms with Gasteiger partial charge in [0.25, 0.3) is 0 Å². The third-order valence-corrected chi connectivity index (χ3v) is 4.47. The summed E-state index contributed by atoms with van der Waals surface area (Å²) in [7, 11) is 0. The maximum absolute atomic E-state index is 5.60. The second-order valence-corrected chi connectivity index (χ2v) is 6.22. The van der Waals surface area contributed by atoms with Crippen molar-refractivity contribution in [3.05, 3.63) is 58.3 Å². The number of thiophene rings is 1. The second-order valence-electron chi connectivity index (χ2n) is 5.44. The Morgan fingerprint density at radius 1 is 1.23 bits per heavy atom. The fourth-order valence-corrected chi connectivity index (χ4v) is 3.29. The average Bonchev–Trinajstić information content (AvgIpc) is 3.11. The fourth-order valence-electron chi connectivity index (χ4n) is 2.47. The molecule has 1 aliphatic heterocycles. The predicted molar refractivity (Wildman–Crippen MR) is 99.6 cm³/mol. The van der Waals surface area contributed by atoms with Crippen LogP contribution < -0.4 is 0 Å². The van der Waals surface area contributed by atoms with E-state index in [9.17, 15) is 0 Å². The van der Waals surface area contributed by atoms with Crippen molar-refractivity contribution >= 4 is 11.3 Å². The summed E-state index contributed by atoms with van der Waals surface area (Å²) in [6.45, 7) is 11.4. The Balaban J connectivity index is 0.000000211. The topological polar surface area (TPSA) is 9.23 Å². The van der Waals surface area contributed by atoms with E-state index in [4.69, 9.17) is 4.74 Å². The molecule has 0 fully saturated rings. The van der Waals surface area contributed by atoms with Crippen molar-refractivity contribution in [3.63, 3.8) is 0 Å². The molecular formula is C20H30OS. The fraction of sp³-hybridized carbons (Fsp3) is 0.500. The minimum atomic E-state index is 0.301. The monoisotopic (exact) mass is 318 g/mol. The predicted octanol–water partition coefficient (Wildman–Crippen LogP) is 6.36. The van der Waals surface area contributed by atoms with Gasteiger partial charge in [0.15, 0.2) is 0 Å². The van der Waals surface area contributed by atoms with Crippen LogP contribution in [0.1, 0.15) is 52.5 Å². The van der Waals surface area contributed by atoms with Crippen LogP contribution in [0.15, 0.2) is 52.8 Å². The minimum Gasteiger partial charge on any atom is -0.369 e. The van der Waals surface area contributed by atoms with Crippen molar-refractivity contribution in [2.75, 3.05) is 6.61 Å². The van der Waals surface area contributed by atoms with Gasteiger partial charge in [-0.1, -0.05) is 70.6 Å². The summed E-state index contributed by atoms with van der Waals surface area (Å²) < 4.78 is 5.60. The molecule has 1 aliphatic carbocycles. The highest BCUT2D eigenvalue weighted by Crippen LogP contribution is 2.29. The van der Waals surface area contributed by atoms with E-state index in [2.05, 4.69) is 68.0 Å². The van der Waals surface area contributed by atoms with Gasteiger partial charge < -0.3 is 4.74 Å². The summed E-state index contributed by atoms with van der Waals surface area (Å²) >= 11 is 1.77. The zero-order valence-electron chi connectivity index (χ0n) is 14.6. The van der Waals surface area contributed by atoms with Crippen LogP contribution in [0.5, 0.6) is 0 Å². The number of ether oxygens (including phenoxy) is 1. The van der Waals surface area contributed by atoms with Gasteiger partial charge in [-0.25, -0.2) is 0 Å².